The van der Waals surface area contributed by atoms with E-state index in [1.807, 2.05) is 84.9 Å². The first-order chi connectivity index (χ1) is 18.1. The van der Waals surface area contributed by atoms with Crippen LogP contribution >= 0.6 is 15.9 Å². The second kappa shape index (κ2) is 13.2. The van der Waals surface area contributed by atoms with Crippen molar-refractivity contribution in [2.75, 3.05) is 0 Å². The van der Waals surface area contributed by atoms with Gasteiger partial charge in [0.2, 0.25) is 5.91 Å². The predicted molar refractivity (Wildman–Crippen MR) is 148 cm³/mol. The number of rotatable bonds is 10. The largest absolute Gasteiger partial charge is 0.488 e. The van der Waals surface area contributed by atoms with Gasteiger partial charge in [-0.05, 0) is 63.0 Å². The quantitative estimate of drug-likeness (QED) is 0.185. The van der Waals surface area contributed by atoms with E-state index in [2.05, 4.69) is 31.8 Å². The third kappa shape index (κ3) is 7.88. The average molecular weight is 556 g/mol. The van der Waals surface area contributed by atoms with Gasteiger partial charge in [0.25, 0.3) is 5.91 Å². The number of ether oxygens (including phenoxy) is 1. The van der Waals surface area contributed by atoms with Gasteiger partial charge in [0.15, 0.2) is 0 Å². The van der Waals surface area contributed by atoms with Crippen molar-refractivity contribution in [3.63, 3.8) is 0 Å². The van der Waals surface area contributed by atoms with Gasteiger partial charge in [-0.15, -0.1) is 0 Å². The van der Waals surface area contributed by atoms with Crippen molar-refractivity contribution < 1.29 is 14.3 Å². The SMILES string of the molecule is O=C(C[C@H](NC(=O)c1ccccc1)c1ccccc1)N/N=C\c1ccc(OCc2ccccc2)c(Br)c1. The van der Waals surface area contributed by atoms with Gasteiger partial charge in [-0.25, -0.2) is 5.43 Å². The molecule has 7 heteroatoms. The zero-order valence-electron chi connectivity index (χ0n) is 20.0. The summed E-state index contributed by atoms with van der Waals surface area (Å²) in [5, 5.41) is 7.05. The van der Waals surface area contributed by atoms with E-state index in [0.29, 0.717) is 17.9 Å². The monoisotopic (exact) mass is 555 g/mol. The van der Waals surface area contributed by atoms with Gasteiger partial charge < -0.3 is 10.1 Å². The molecule has 0 aliphatic carbocycles. The molecule has 0 bridgehead atoms. The zero-order chi connectivity index (χ0) is 25.9. The summed E-state index contributed by atoms with van der Waals surface area (Å²) >= 11 is 3.53. The highest BCUT2D eigenvalue weighted by Gasteiger charge is 2.19. The molecule has 0 heterocycles. The van der Waals surface area contributed by atoms with E-state index >= 15 is 0 Å². The Morgan fingerprint density at radius 2 is 1.51 bits per heavy atom. The first-order valence-electron chi connectivity index (χ1n) is 11.8. The molecule has 0 aromatic heterocycles. The molecule has 0 fully saturated rings. The molecule has 0 saturated heterocycles. The molecule has 0 radical (unpaired) electrons. The lowest BCUT2D eigenvalue weighted by atomic mass is 10.0. The Balaban J connectivity index is 1.34. The molecule has 4 aromatic carbocycles. The minimum Gasteiger partial charge on any atom is -0.488 e. The van der Waals surface area contributed by atoms with Crippen molar-refractivity contribution >= 4 is 34.0 Å². The van der Waals surface area contributed by atoms with Crippen LogP contribution in [-0.4, -0.2) is 18.0 Å². The number of halogens is 1. The van der Waals surface area contributed by atoms with Gasteiger partial charge in [0.05, 0.1) is 23.1 Å². The van der Waals surface area contributed by atoms with E-state index in [1.54, 1.807) is 30.5 Å². The first kappa shape index (κ1) is 25.9. The van der Waals surface area contributed by atoms with E-state index in [-0.39, 0.29) is 18.2 Å². The Hall–Kier alpha value is -4.23. The van der Waals surface area contributed by atoms with Gasteiger partial charge in [-0.1, -0.05) is 78.9 Å². The maximum atomic E-state index is 12.7. The van der Waals surface area contributed by atoms with Crippen molar-refractivity contribution in [3.8, 4) is 5.75 Å². The van der Waals surface area contributed by atoms with Gasteiger partial charge in [0.1, 0.15) is 12.4 Å². The number of carbonyl (C=O) groups excluding carboxylic acids is 2. The molecule has 2 N–H and O–H groups in total. The lowest BCUT2D eigenvalue weighted by Gasteiger charge is -2.18. The minimum absolute atomic E-state index is 0.0376. The van der Waals surface area contributed by atoms with Crippen LogP contribution in [0.25, 0.3) is 0 Å². The summed E-state index contributed by atoms with van der Waals surface area (Å²) in [4.78, 5) is 25.4. The molecule has 4 aromatic rings. The number of benzene rings is 4. The Morgan fingerprint density at radius 1 is 0.865 bits per heavy atom. The third-order valence-corrected chi connectivity index (χ3v) is 6.15. The normalized spacial score (nSPS) is 11.6. The second-order valence-corrected chi connectivity index (χ2v) is 9.12. The Bertz CT molecular complexity index is 1350. The summed E-state index contributed by atoms with van der Waals surface area (Å²) in [6, 6.07) is 33.3. The summed E-state index contributed by atoms with van der Waals surface area (Å²) in [7, 11) is 0. The Labute approximate surface area is 224 Å². The van der Waals surface area contributed by atoms with Crippen LogP contribution in [0.2, 0.25) is 0 Å². The molecular formula is C30H26BrN3O3. The third-order valence-electron chi connectivity index (χ3n) is 5.53. The minimum atomic E-state index is -0.501. The van der Waals surface area contributed by atoms with E-state index in [9.17, 15) is 9.59 Å². The number of hydrogen-bond donors (Lipinski definition) is 2. The van der Waals surface area contributed by atoms with Gasteiger partial charge in [-0.2, -0.15) is 5.10 Å². The molecule has 4 rings (SSSR count). The molecule has 0 aliphatic heterocycles. The molecule has 0 aliphatic rings. The highest BCUT2D eigenvalue weighted by Crippen LogP contribution is 2.26. The van der Waals surface area contributed by atoms with Crippen LogP contribution < -0.4 is 15.5 Å². The van der Waals surface area contributed by atoms with Gasteiger partial charge >= 0.3 is 0 Å². The molecule has 0 saturated carbocycles. The molecule has 6 nitrogen and oxygen atoms in total. The smallest absolute Gasteiger partial charge is 0.251 e. The lowest BCUT2D eigenvalue weighted by molar-refractivity contribution is -0.121. The van der Waals surface area contributed by atoms with Crippen molar-refractivity contribution in [2.24, 2.45) is 5.10 Å². The van der Waals surface area contributed by atoms with Crippen LogP contribution in [0.4, 0.5) is 0 Å². The lowest BCUT2D eigenvalue weighted by Crippen LogP contribution is -2.32. The predicted octanol–water partition coefficient (Wildman–Crippen LogP) is 6.04. The Morgan fingerprint density at radius 3 is 2.19 bits per heavy atom. The first-order valence-corrected chi connectivity index (χ1v) is 12.6. The molecule has 0 unspecified atom stereocenters. The number of nitrogens with one attached hydrogen (secondary N) is 2. The summed E-state index contributed by atoms with van der Waals surface area (Å²) in [6.07, 6.45) is 1.60. The maximum Gasteiger partial charge on any atom is 0.251 e. The van der Waals surface area contributed by atoms with Crippen molar-refractivity contribution in [1.82, 2.24) is 10.7 Å². The number of amides is 2. The van der Waals surface area contributed by atoms with Crippen LogP contribution in [0.15, 0.2) is 119 Å². The van der Waals surface area contributed by atoms with Crippen LogP contribution in [0.5, 0.6) is 5.75 Å². The van der Waals surface area contributed by atoms with E-state index < -0.39 is 6.04 Å². The highest BCUT2D eigenvalue weighted by atomic mass is 79.9. The van der Waals surface area contributed by atoms with Crippen molar-refractivity contribution in [1.29, 1.82) is 0 Å². The number of hydrogen-bond acceptors (Lipinski definition) is 4. The fraction of sp³-hybridized carbons (Fsp3) is 0.100. The topological polar surface area (TPSA) is 79.8 Å². The van der Waals surface area contributed by atoms with E-state index in [0.717, 1.165) is 21.2 Å². The molecule has 0 spiro atoms. The van der Waals surface area contributed by atoms with E-state index in [4.69, 9.17) is 4.74 Å². The fourth-order valence-corrected chi connectivity index (χ4v) is 4.14. The van der Waals surface area contributed by atoms with Crippen molar-refractivity contribution in [2.45, 2.75) is 19.1 Å². The molecule has 2 amide bonds. The zero-order valence-corrected chi connectivity index (χ0v) is 21.6. The van der Waals surface area contributed by atoms with Gasteiger partial charge in [-0.3, -0.25) is 9.59 Å². The summed E-state index contributed by atoms with van der Waals surface area (Å²) in [5.41, 5.74) is 5.79. The average Bonchev–Trinajstić information content (AvgIpc) is 2.94. The second-order valence-electron chi connectivity index (χ2n) is 8.26. The number of nitrogens with zero attached hydrogens (tertiary/aromatic N) is 1. The molecule has 37 heavy (non-hydrogen) atoms. The maximum absolute atomic E-state index is 12.7. The van der Waals surface area contributed by atoms with Gasteiger partial charge in [0, 0.05) is 5.56 Å². The van der Waals surface area contributed by atoms with Crippen molar-refractivity contribution in [3.05, 3.63) is 136 Å². The summed E-state index contributed by atoms with van der Waals surface area (Å²) in [5.74, 6) is 0.149. The van der Waals surface area contributed by atoms with Crippen LogP contribution in [0.1, 0.15) is 39.5 Å². The number of hydrazone groups is 1. The highest BCUT2D eigenvalue weighted by molar-refractivity contribution is 9.10. The van der Waals surface area contributed by atoms with E-state index in [1.165, 1.54) is 0 Å². The molecule has 186 valence electrons. The Kier molecular flexibility index (Phi) is 9.21. The summed E-state index contributed by atoms with van der Waals surface area (Å²) in [6.45, 7) is 0.465. The number of carbonyl (C=O) groups is 2. The fourth-order valence-electron chi connectivity index (χ4n) is 3.63. The summed E-state index contributed by atoms with van der Waals surface area (Å²) < 4.78 is 6.66. The van der Waals surface area contributed by atoms with Crippen LogP contribution in [0.3, 0.4) is 0 Å². The van der Waals surface area contributed by atoms with Crippen LogP contribution in [0, 0.1) is 0 Å². The standard InChI is InChI=1S/C30H26BrN3O3/c31-26-18-23(16-17-28(26)37-21-22-10-4-1-5-11-22)20-32-34-29(35)19-27(24-12-6-2-7-13-24)33-30(36)25-14-8-3-9-15-25/h1-18,20,27H,19,21H2,(H,33,36)(H,34,35)/b32-20-/t27-/m0/s1. The molecule has 1 atom stereocenters. The van der Waals surface area contributed by atoms with Crippen LogP contribution in [-0.2, 0) is 11.4 Å². The molecular weight excluding hydrogens is 530 g/mol.